The van der Waals surface area contributed by atoms with Gasteiger partial charge in [-0.2, -0.15) is 0 Å². The molecule has 0 spiro atoms. The second kappa shape index (κ2) is 6.98. The number of nitrogens with zero attached hydrogens (tertiary/aromatic N) is 2. The summed E-state index contributed by atoms with van der Waals surface area (Å²) in [6.45, 7) is 10.4. The molecule has 0 atom stereocenters. The Morgan fingerprint density at radius 2 is 2.00 bits per heavy atom. The fourth-order valence-electron chi connectivity index (χ4n) is 2.09. The summed E-state index contributed by atoms with van der Waals surface area (Å²) in [5, 5.41) is 0. The van der Waals surface area contributed by atoms with E-state index in [9.17, 15) is 0 Å². The van der Waals surface area contributed by atoms with Gasteiger partial charge in [0.2, 0.25) is 0 Å². The second-order valence-electron chi connectivity index (χ2n) is 6.25. The summed E-state index contributed by atoms with van der Waals surface area (Å²) in [5.74, 6) is 1.54. The Hall–Kier alpha value is -0.770. The van der Waals surface area contributed by atoms with Gasteiger partial charge in [-0.3, -0.25) is 4.99 Å². The minimum atomic E-state index is 0.156. The molecule has 106 valence electrons. The molecular formula is C14H29N3O. The number of nitrogens with two attached hydrogens (primary N) is 1. The summed E-state index contributed by atoms with van der Waals surface area (Å²) in [5.41, 5.74) is 6.23. The predicted octanol–water partition coefficient (Wildman–Crippen LogP) is 2.10. The van der Waals surface area contributed by atoms with E-state index >= 15 is 0 Å². The SMILES string of the molecule is COCCC(C)(C)CN=C(N)N1CCC(C)CC1. The van der Waals surface area contributed by atoms with Crippen LogP contribution in [0.5, 0.6) is 0 Å². The Morgan fingerprint density at radius 1 is 1.39 bits per heavy atom. The highest BCUT2D eigenvalue weighted by molar-refractivity contribution is 5.78. The van der Waals surface area contributed by atoms with Crippen LogP contribution in [0.25, 0.3) is 0 Å². The highest BCUT2D eigenvalue weighted by Crippen LogP contribution is 2.21. The van der Waals surface area contributed by atoms with Crippen LogP contribution in [0.4, 0.5) is 0 Å². The van der Waals surface area contributed by atoms with Crippen molar-refractivity contribution >= 4 is 5.96 Å². The van der Waals surface area contributed by atoms with Crippen molar-refractivity contribution in [1.29, 1.82) is 0 Å². The molecule has 1 heterocycles. The number of ether oxygens (including phenoxy) is 1. The molecule has 1 fully saturated rings. The van der Waals surface area contributed by atoms with Crippen molar-refractivity contribution in [2.45, 2.75) is 40.0 Å². The number of likely N-dealkylation sites (tertiary alicyclic amines) is 1. The topological polar surface area (TPSA) is 50.9 Å². The molecule has 4 nitrogen and oxygen atoms in total. The second-order valence-corrected chi connectivity index (χ2v) is 6.25. The van der Waals surface area contributed by atoms with Gasteiger partial charge in [0, 0.05) is 33.4 Å². The van der Waals surface area contributed by atoms with Crippen LogP contribution >= 0.6 is 0 Å². The van der Waals surface area contributed by atoms with E-state index in [4.69, 9.17) is 10.5 Å². The van der Waals surface area contributed by atoms with E-state index in [1.54, 1.807) is 7.11 Å². The van der Waals surface area contributed by atoms with E-state index in [2.05, 4.69) is 30.7 Å². The predicted molar refractivity (Wildman–Crippen MR) is 76.7 cm³/mol. The third-order valence-electron chi connectivity index (χ3n) is 3.76. The van der Waals surface area contributed by atoms with Gasteiger partial charge in [0.25, 0.3) is 0 Å². The Labute approximate surface area is 112 Å². The summed E-state index contributed by atoms with van der Waals surface area (Å²) < 4.78 is 5.12. The zero-order valence-corrected chi connectivity index (χ0v) is 12.4. The molecule has 0 amide bonds. The first-order valence-corrected chi connectivity index (χ1v) is 6.98. The van der Waals surface area contributed by atoms with Crippen LogP contribution in [0.15, 0.2) is 4.99 Å². The van der Waals surface area contributed by atoms with Crippen molar-refractivity contribution in [3.05, 3.63) is 0 Å². The zero-order valence-electron chi connectivity index (χ0n) is 12.4. The van der Waals surface area contributed by atoms with Crippen LogP contribution < -0.4 is 5.73 Å². The average Bonchev–Trinajstić information content (AvgIpc) is 2.35. The number of hydrogen-bond acceptors (Lipinski definition) is 2. The Bertz CT molecular complexity index is 268. The molecule has 0 radical (unpaired) electrons. The van der Waals surface area contributed by atoms with Gasteiger partial charge < -0.3 is 15.4 Å². The lowest BCUT2D eigenvalue weighted by Crippen LogP contribution is -2.43. The first kappa shape index (κ1) is 15.3. The molecule has 1 aliphatic heterocycles. The number of piperidine rings is 1. The first-order valence-electron chi connectivity index (χ1n) is 6.98. The highest BCUT2D eigenvalue weighted by Gasteiger charge is 2.20. The fourth-order valence-corrected chi connectivity index (χ4v) is 2.09. The molecule has 0 aromatic heterocycles. The van der Waals surface area contributed by atoms with E-state index in [-0.39, 0.29) is 5.41 Å². The summed E-state index contributed by atoms with van der Waals surface area (Å²) in [7, 11) is 1.74. The van der Waals surface area contributed by atoms with Gasteiger partial charge in [-0.1, -0.05) is 20.8 Å². The summed E-state index contributed by atoms with van der Waals surface area (Å²) >= 11 is 0. The Morgan fingerprint density at radius 3 is 2.56 bits per heavy atom. The largest absolute Gasteiger partial charge is 0.385 e. The number of aliphatic imine (C=N–C) groups is 1. The van der Waals surface area contributed by atoms with Crippen molar-refractivity contribution in [2.24, 2.45) is 22.1 Å². The maximum atomic E-state index is 6.07. The molecule has 4 heteroatoms. The minimum Gasteiger partial charge on any atom is -0.385 e. The molecule has 0 unspecified atom stereocenters. The molecule has 0 aromatic rings. The quantitative estimate of drug-likeness (QED) is 0.604. The lowest BCUT2D eigenvalue weighted by Gasteiger charge is -2.31. The van der Waals surface area contributed by atoms with Crippen molar-refractivity contribution in [1.82, 2.24) is 4.90 Å². The highest BCUT2D eigenvalue weighted by atomic mass is 16.5. The van der Waals surface area contributed by atoms with Gasteiger partial charge in [-0.25, -0.2) is 0 Å². The monoisotopic (exact) mass is 255 g/mol. The van der Waals surface area contributed by atoms with Crippen LogP contribution in [0, 0.1) is 11.3 Å². The van der Waals surface area contributed by atoms with Crippen molar-refractivity contribution in [2.75, 3.05) is 33.4 Å². The number of rotatable bonds is 5. The lowest BCUT2D eigenvalue weighted by molar-refractivity contribution is 0.155. The van der Waals surface area contributed by atoms with Crippen LogP contribution in [-0.4, -0.2) is 44.2 Å². The lowest BCUT2D eigenvalue weighted by atomic mass is 9.90. The fraction of sp³-hybridized carbons (Fsp3) is 0.929. The molecular weight excluding hydrogens is 226 g/mol. The standard InChI is InChI=1S/C14H29N3O/c1-12-5-8-17(9-6-12)13(15)16-11-14(2,3)7-10-18-4/h12H,5-11H2,1-4H3,(H2,15,16). The van der Waals surface area contributed by atoms with Crippen LogP contribution in [0.1, 0.15) is 40.0 Å². The molecule has 18 heavy (non-hydrogen) atoms. The third kappa shape index (κ3) is 5.25. The number of guanidine groups is 1. The summed E-state index contributed by atoms with van der Waals surface area (Å²) in [6.07, 6.45) is 3.46. The molecule has 1 aliphatic rings. The van der Waals surface area contributed by atoms with Gasteiger partial charge in [-0.15, -0.1) is 0 Å². The van der Waals surface area contributed by atoms with E-state index < -0.39 is 0 Å². The molecule has 1 saturated heterocycles. The van der Waals surface area contributed by atoms with E-state index in [1.807, 2.05) is 0 Å². The average molecular weight is 255 g/mol. The number of hydrogen-bond donors (Lipinski definition) is 1. The molecule has 0 bridgehead atoms. The van der Waals surface area contributed by atoms with E-state index in [1.165, 1.54) is 12.8 Å². The van der Waals surface area contributed by atoms with Gasteiger partial charge >= 0.3 is 0 Å². The molecule has 1 rings (SSSR count). The number of methoxy groups -OCH3 is 1. The smallest absolute Gasteiger partial charge is 0.191 e. The van der Waals surface area contributed by atoms with Crippen molar-refractivity contribution < 1.29 is 4.74 Å². The minimum absolute atomic E-state index is 0.156. The normalized spacial score (nSPS) is 19.3. The third-order valence-corrected chi connectivity index (χ3v) is 3.76. The zero-order chi connectivity index (χ0) is 13.6. The molecule has 0 aliphatic carbocycles. The molecule has 2 N–H and O–H groups in total. The molecule has 0 saturated carbocycles. The Kier molecular flexibility index (Phi) is 5.93. The van der Waals surface area contributed by atoms with Crippen LogP contribution in [-0.2, 0) is 4.74 Å². The Balaban J connectivity index is 2.40. The first-order chi connectivity index (χ1) is 8.44. The van der Waals surface area contributed by atoms with Crippen molar-refractivity contribution in [3.8, 4) is 0 Å². The van der Waals surface area contributed by atoms with Gasteiger partial charge in [-0.05, 0) is 30.6 Å². The van der Waals surface area contributed by atoms with E-state index in [0.717, 1.165) is 38.6 Å². The van der Waals surface area contributed by atoms with Gasteiger partial charge in [0.15, 0.2) is 5.96 Å². The van der Waals surface area contributed by atoms with Crippen LogP contribution in [0.2, 0.25) is 0 Å². The van der Waals surface area contributed by atoms with Gasteiger partial charge in [0.1, 0.15) is 0 Å². The maximum absolute atomic E-state index is 6.07. The van der Waals surface area contributed by atoms with Crippen molar-refractivity contribution in [3.63, 3.8) is 0 Å². The summed E-state index contributed by atoms with van der Waals surface area (Å²) in [4.78, 5) is 6.78. The van der Waals surface area contributed by atoms with E-state index in [0.29, 0.717) is 5.96 Å². The molecule has 0 aromatic carbocycles. The summed E-state index contributed by atoms with van der Waals surface area (Å²) in [6, 6.07) is 0. The van der Waals surface area contributed by atoms with Gasteiger partial charge in [0.05, 0.1) is 0 Å². The maximum Gasteiger partial charge on any atom is 0.191 e. The van der Waals surface area contributed by atoms with Crippen LogP contribution in [0.3, 0.4) is 0 Å².